The number of thioether (sulfide) groups is 1. The van der Waals surface area contributed by atoms with Gasteiger partial charge in [0.25, 0.3) is 17.1 Å². The molecule has 2 saturated heterocycles. The Morgan fingerprint density at radius 3 is 1.68 bits per heavy atom. The predicted octanol–water partition coefficient (Wildman–Crippen LogP) is 5.62. The fourth-order valence-corrected chi connectivity index (χ4v) is 8.05. The maximum absolute atomic E-state index is 14.2. The van der Waals surface area contributed by atoms with Crippen LogP contribution in [0.2, 0.25) is 0 Å². The monoisotopic (exact) mass is 957 g/mol. The summed E-state index contributed by atoms with van der Waals surface area (Å²) in [5.74, 6) is -0.415. The molecule has 2 heterocycles. The molecule has 4 aromatic rings. The molecular formula is C43H43N9O15S. The fraction of sp³-hybridized carbons (Fsp3) is 0.302. The number of alkyl carbamates (subject to hydrolysis) is 1. The molecule has 0 unspecified atom stereocenters. The minimum absolute atomic E-state index is 0.0558. The van der Waals surface area contributed by atoms with Gasteiger partial charge in [-0.1, -0.05) is 12.1 Å². The quantitative estimate of drug-likeness (QED) is 0.0480. The van der Waals surface area contributed by atoms with E-state index in [-0.39, 0.29) is 68.2 Å². The van der Waals surface area contributed by atoms with E-state index in [1.165, 1.54) is 89.5 Å². The Kier molecular flexibility index (Phi) is 16.4. The number of nitro benzene ring substituents is 3. The van der Waals surface area contributed by atoms with Gasteiger partial charge in [0.2, 0.25) is 17.8 Å². The van der Waals surface area contributed by atoms with Crippen molar-refractivity contribution in [3.8, 4) is 5.75 Å². The number of likely N-dealkylation sites (tertiary alicyclic amines) is 2. The van der Waals surface area contributed by atoms with Crippen LogP contribution in [0.4, 0.5) is 31.4 Å². The lowest BCUT2D eigenvalue weighted by Gasteiger charge is -2.46. The number of carbonyl (C=O) groups is 5. The highest BCUT2D eigenvalue weighted by Crippen LogP contribution is 2.33. The van der Waals surface area contributed by atoms with Gasteiger partial charge in [-0.25, -0.2) is 19.4 Å². The number of carbonyl (C=O) groups excluding carboxylic acids is 5. The zero-order valence-electron chi connectivity index (χ0n) is 36.3. The highest BCUT2D eigenvalue weighted by molar-refractivity contribution is 7.99. The minimum atomic E-state index is -1.25. The predicted molar refractivity (Wildman–Crippen MR) is 240 cm³/mol. The van der Waals surface area contributed by atoms with E-state index < -0.39 is 62.9 Å². The number of hydrazine groups is 1. The van der Waals surface area contributed by atoms with Crippen molar-refractivity contribution in [2.45, 2.75) is 56.3 Å². The molecule has 0 spiro atoms. The van der Waals surface area contributed by atoms with Crippen LogP contribution >= 0.6 is 11.8 Å². The number of guanidine groups is 1. The van der Waals surface area contributed by atoms with Crippen LogP contribution in [0, 0.1) is 30.3 Å². The van der Waals surface area contributed by atoms with Gasteiger partial charge in [0, 0.05) is 74.0 Å². The number of nitrogens with zero attached hydrogens (tertiary/aromatic N) is 7. The number of methoxy groups -OCH3 is 1. The summed E-state index contributed by atoms with van der Waals surface area (Å²) in [6, 6.07) is 21.6. The lowest BCUT2D eigenvalue weighted by molar-refractivity contribution is -0.385. The van der Waals surface area contributed by atoms with Gasteiger partial charge in [-0.3, -0.25) is 55.6 Å². The number of non-ortho nitro benzene ring substituents is 3. The third-order valence-electron chi connectivity index (χ3n) is 10.5. The molecule has 24 nitrogen and oxygen atoms in total. The molecule has 356 valence electrons. The number of amides is 5. The molecule has 0 aliphatic carbocycles. The van der Waals surface area contributed by atoms with E-state index in [9.17, 15) is 54.3 Å². The topological polar surface area (TPSA) is 298 Å². The number of aliphatic imine (C=N–C) groups is 1. The van der Waals surface area contributed by atoms with Crippen LogP contribution in [0.15, 0.2) is 102 Å². The first-order valence-electron chi connectivity index (χ1n) is 20.5. The van der Waals surface area contributed by atoms with E-state index in [2.05, 4.69) is 15.7 Å². The number of benzene rings is 4. The molecule has 68 heavy (non-hydrogen) atoms. The van der Waals surface area contributed by atoms with E-state index in [4.69, 9.17) is 18.9 Å². The molecule has 0 radical (unpaired) electrons. The Labute approximate surface area is 390 Å². The summed E-state index contributed by atoms with van der Waals surface area (Å²) in [6.07, 6.45) is -2.91. The van der Waals surface area contributed by atoms with Gasteiger partial charge in [-0.15, -0.1) is 4.99 Å². The van der Waals surface area contributed by atoms with Gasteiger partial charge in [-0.05, 0) is 77.2 Å². The van der Waals surface area contributed by atoms with Crippen molar-refractivity contribution < 1.29 is 57.7 Å². The van der Waals surface area contributed by atoms with Gasteiger partial charge in [0.05, 0.1) is 27.9 Å². The van der Waals surface area contributed by atoms with Crippen molar-refractivity contribution in [3.05, 3.63) is 150 Å². The zero-order valence-corrected chi connectivity index (χ0v) is 37.1. The van der Waals surface area contributed by atoms with Crippen LogP contribution in [0.25, 0.3) is 0 Å². The lowest BCUT2D eigenvalue weighted by atomic mass is 10.1. The minimum Gasteiger partial charge on any atom is -0.497 e. The molecular weight excluding hydrogens is 915 g/mol. The second kappa shape index (κ2) is 22.7. The number of hydrogen-bond acceptors (Lipinski definition) is 16. The molecule has 4 aromatic carbocycles. The first-order valence-corrected chi connectivity index (χ1v) is 21.5. The Morgan fingerprint density at radius 1 is 0.706 bits per heavy atom. The molecule has 6 rings (SSSR count). The highest BCUT2D eigenvalue weighted by Gasteiger charge is 2.46. The van der Waals surface area contributed by atoms with Crippen LogP contribution in [-0.4, -0.2) is 110 Å². The summed E-state index contributed by atoms with van der Waals surface area (Å²) in [4.78, 5) is 105. The largest absolute Gasteiger partial charge is 0.497 e. The lowest BCUT2D eigenvalue weighted by Crippen LogP contribution is -2.68. The normalized spacial score (nSPS) is 15.6. The van der Waals surface area contributed by atoms with Gasteiger partial charge in [0.1, 0.15) is 31.6 Å². The van der Waals surface area contributed by atoms with Crippen molar-refractivity contribution in [3.63, 3.8) is 0 Å². The number of nitro groups is 3. The van der Waals surface area contributed by atoms with Gasteiger partial charge >= 0.3 is 18.3 Å². The Balaban J connectivity index is 1.13. The summed E-state index contributed by atoms with van der Waals surface area (Å²) >= 11 is 1.55. The van der Waals surface area contributed by atoms with Crippen molar-refractivity contribution in [1.82, 2.24) is 25.6 Å². The average Bonchev–Trinajstić information content (AvgIpc) is 3.75. The second-order valence-electron chi connectivity index (χ2n) is 15.1. The number of hydrogen-bond donors (Lipinski definition) is 2. The summed E-state index contributed by atoms with van der Waals surface area (Å²) in [7, 11) is 1.56. The highest BCUT2D eigenvalue weighted by atomic mass is 32.2. The average molecular weight is 958 g/mol. The third-order valence-corrected chi connectivity index (χ3v) is 11.8. The summed E-state index contributed by atoms with van der Waals surface area (Å²) < 4.78 is 21.2. The molecule has 2 aliphatic rings. The third kappa shape index (κ3) is 13.4. The van der Waals surface area contributed by atoms with Gasteiger partial charge in [-0.2, -0.15) is 11.8 Å². The van der Waals surface area contributed by atoms with E-state index in [1.807, 2.05) is 24.3 Å². The zero-order chi connectivity index (χ0) is 48.9. The molecule has 0 saturated carbocycles. The molecule has 2 fully saturated rings. The van der Waals surface area contributed by atoms with Crippen molar-refractivity contribution >= 4 is 64.9 Å². The molecule has 2 atom stereocenters. The number of nitrogens with one attached hydrogen (secondary N) is 2. The van der Waals surface area contributed by atoms with Crippen molar-refractivity contribution in [1.29, 1.82) is 0 Å². The molecule has 5 amide bonds. The second-order valence-corrected chi connectivity index (χ2v) is 16.4. The Hall–Kier alpha value is -8.35. The summed E-state index contributed by atoms with van der Waals surface area (Å²) in [6.45, 7) is 0.287. The van der Waals surface area contributed by atoms with E-state index in [0.29, 0.717) is 28.2 Å². The fourth-order valence-electron chi connectivity index (χ4n) is 6.84. The van der Waals surface area contributed by atoms with E-state index in [1.54, 1.807) is 18.9 Å². The first-order chi connectivity index (χ1) is 32.6. The van der Waals surface area contributed by atoms with Crippen molar-refractivity contribution in [2.75, 3.05) is 26.7 Å². The van der Waals surface area contributed by atoms with Crippen LogP contribution < -0.4 is 15.5 Å². The Bertz CT molecular complexity index is 2540. The Morgan fingerprint density at radius 2 is 1.19 bits per heavy atom. The number of ether oxygens (including phenoxy) is 4. The van der Waals surface area contributed by atoms with Crippen LogP contribution in [-0.2, 0) is 49.4 Å². The standard InChI is InChI=1S/C43H43N9O15S/c1-27(53)49(46-40(44-41(55)65-23-28-3-11-32(12-4-28)50(58)59)45-42(56)66-24-29-5-13-33(14-6-29)51(60)61)35-20-47(21-35)39(54)38-19-37(68-26-31-9-17-36(64-2)18-10-31)22-48(38)43(57)67-25-30-7-15-34(16-8-30)52(62)63/h3-18,35,37-38H,19-26H2,1-2H3,(H2,44,45,46,55,56)/t37-,38-/m0/s1. The van der Waals surface area contributed by atoms with Crippen LogP contribution in [0.1, 0.15) is 35.6 Å². The maximum atomic E-state index is 14.2. The van der Waals surface area contributed by atoms with Gasteiger partial charge < -0.3 is 23.8 Å². The maximum Gasteiger partial charge on any atom is 0.437 e. The van der Waals surface area contributed by atoms with Crippen molar-refractivity contribution in [2.24, 2.45) is 4.99 Å². The SMILES string of the molecule is COc1ccc(CS[C@H]2C[C@@H](C(=O)N3CC(N(NC(=NC(=O)OCc4ccc([N+](=O)[O-])cc4)NC(=O)OCc4ccc([N+](=O)[O-])cc4)C(C)=O)C3)N(C(=O)OCc3ccc([N+](=O)[O-])cc3)C2)cc1. The molecule has 0 aromatic heterocycles. The molecule has 25 heteroatoms. The number of rotatable bonds is 15. The molecule has 2 aliphatic heterocycles. The molecule has 0 bridgehead atoms. The van der Waals surface area contributed by atoms with Crippen LogP contribution in [0.3, 0.4) is 0 Å². The van der Waals surface area contributed by atoms with E-state index in [0.717, 1.165) is 10.6 Å². The summed E-state index contributed by atoms with van der Waals surface area (Å²) in [5, 5.41) is 36.2. The molecule has 2 N–H and O–H groups in total. The summed E-state index contributed by atoms with van der Waals surface area (Å²) in [5.41, 5.74) is 4.33. The van der Waals surface area contributed by atoms with Gasteiger partial charge in [0.15, 0.2) is 0 Å². The van der Waals surface area contributed by atoms with Crippen LogP contribution in [0.5, 0.6) is 5.75 Å². The first kappa shape index (κ1) is 49.1. The smallest absolute Gasteiger partial charge is 0.437 e. The van der Waals surface area contributed by atoms with E-state index >= 15 is 0 Å².